The number of carbonyl (C=O) groups excluding carboxylic acids is 1. The Kier molecular flexibility index (Phi) is 4.91. The van der Waals surface area contributed by atoms with Gasteiger partial charge >= 0.3 is 0 Å². The molecular formula is C16H23N3OS. The number of nitrogens with zero attached hydrogens (tertiary/aromatic N) is 2. The van der Waals surface area contributed by atoms with Gasteiger partial charge in [-0.05, 0) is 38.0 Å². The number of allylic oxidation sites excluding steroid dienone is 2. The number of hydrogen-bond donors (Lipinski definition) is 1. The molecule has 21 heavy (non-hydrogen) atoms. The highest BCUT2D eigenvalue weighted by molar-refractivity contribution is 7.13. The van der Waals surface area contributed by atoms with Crippen LogP contribution < -0.4 is 10.2 Å². The molecule has 0 saturated carbocycles. The molecule has 1 amide bonds. The SMILES string of the molecule is O=C(NCC1CCCN(c2nccs2)C1)C1CC=CCC1. The second kappa shape index (κ2) is 7.07. The molecule has 2 heterocycles. The molecule has 1 saturated heterocycles. The standard InChI is InChI=1S/C16H23N3OS/c20-15(14-6-2-1-3-7-14)18-11-13-5-4-9-19(12-13)16-17-8-10-21-16/h1-2,8,10,13-14H,3-7,9,11-12H2,(H,18,20). The molecule has 5 heteroatoms. The third kappa shape index (κ3) is 3.84. The summed E-state index contributed by atoms with van der Waals surface area (Å²) in [4.78, 5) is 18.9. The first kappa shape index (κ1) is 14.6. The van der Waals surface area contributed by atoms with Crippen LogP contribution in [0, 0.1) is 11.8 Å². The highest BCUT2D eigenvalue weighted by Crippen LogP contribution is 2.24. The van der Waals surface area contributed by atoms with Gasteiger partial charge in [0.25, 0.3) is 0 Å². The van der Waals surface area contributed by atoms with Crippen LogP contribution in [0.3, 0.4) is 0 Å². The zero-order chi connectivity index (χ0) is 14.5. The van der Waals surface area contributed by atoms with Crippen molar-refractivity contribution in [3.8, 4) is 0 Å². The highest BCUT2D eigenvalue weighted by atomic mass is 32.1. The van der Waals surface area contributed by atoms with E-state index in [4.69, 9.17) is 0 Å². The number of piperidine rings is 1. The zero-order valence-electron chi connectivity index (χ0n) is 12.3. The molecule has 1 aromatic heterocycles. The summed E-state index contributed by atoms with van der Waals surface area (Å²) in [6, 6.07) is 0. The van der Waals surface area contributed by atoms with E-state index in [2.05, 4.69) is 27.4 Å². The van der Waals surface area contributed by atoms with Crippen LogP contribution in [0.25, 0.3) is 0 Å². The van der Waals surface area contributed by atoms with Gasteiger partial charge in [0.05, 0.1) is 0 Å². The van der Waals surface area contributed by atoms with Crippen molar-refractivity contribution in [2.24, 2.45) is 11.8 Å². The largest absolute Gasteiger partial charge is 0.356 e. The van der Waals surface area contributed by atoms with Crippen LogP contribution in [0.5, 0.6) is 0 Å². The van der Waals surface area contributed by atoms with Gasteiger partial charge in [-0.1, -0.05) is 12.2 Å². The molecule has 4 nitrogen and oxygen atoms in total. The summed E-state index contributed by atoms with van der Waals surface area (Å²) in [5.74, 6) is 0.977. The lowest BCUT2D eigenvalue weighted by Crippen LogP contribution is -2.42. The van der Waals surface area contributed by atoms with E-state index < -0.39 is 0 Å². The second-order valence-electron chi connectivity index (χ2n) is 6.00. The average molecular weight is 305 g/mol. The molecule has 1 aliphatic carbocycles. The number of nitrogens with one attached hydrogen (secondary N) is 1. The Bertz CT molecular complexity index is 486. The van der Waals surface area contributed by atoms with Crippen LogP contribution in [0.2, 0.25) is 0 Å². The number of hydrogen-bond acceptors (Lipinski definition) is 4. The van der Waals surface area contributed by atoms with Gasteiger partial charge in [0.2, 0.25) is 5.91 Å². The van der Waals surface area contributed by atoms with E-state index in [1.165, 1.54) is 12.8 Å². The van der Waals surface area contributed by atoms with Gasteiger partial charge in [-0.15, -0.1) is 11.3 Å². The molecule has 1 fully saturated rings. The van der Waals surface area contributed by atoms with Crippen molar-refractivity contribution in [1.29, 1.82) is 0 Å². The van der Waals surface area contributed by atoms with E-state index in [0.29, 0.717) is 5.92 Å². The minimum atomic E-state index is 0.189. The zero-order valence-corrected chi connectivity index (χ0v) is 13.1. The molecule has 2 unspecified atom stereocenters. The van der Waals surface area contributed by atoms with E-state index in [-0.39, 0.29) is 11.8 Å². The number of rotatable bonds is 4. The van der Waals surface area contributed by atoms with Gasteiger partial charge in [0.15, 0.2) is 5.13 Å². The molecule has 0 radical (unpaired) electrons. The summed E-state index contributed by atoms with van der Waals surface area (Å²) >= 11 is 1.70. The summed E-state index contributed by atoms with van der Waals surface area (Å²) in [7, 11) is 0. The molecule has 1 aliphatic heterocycles. The molecule has 0 bridgehead atoms. The van der Waals surface area contributed by atoms with Crippen LogP contribution in [0.15, 0.2) is 23.7 Å². The van der Waals surface area contributed by atoms with Crippen molar-refractivity contribution in [2.45, 2.75) is 32.1 Å². The third-order valence-electron chi connectivity index (χ3n) is 4.41. The number of thiazole rings is 1. The maximum Gasteiger partial charge on any atom is 0.223 e. The average Bonchev–Trinajstić information content (AvgIpc) is 3.08. The smallest absolute Gasteiger partial charge is 0.223 e. The minimum Gasteiger partial charge on any atom is -0.356 e. The normalized spacial score (nSPS) is 25.8. The molecule has 1 aromatic rings. The Morgan fingerprint density at radius 3 is 3.14 bits per heavy atom. The van der Waals surface area contributed by atoms with Crippen LogP contribution >= 0.6 is 11.3 Å². The topological polar surface area (TPSA) is 45.2 Å². The Balaban J connectivity index is 1.46. The van der Waals surface area contributed by atoms with Crippen LogP contribution in [0.4, 0.5) is 5.13 Å². The van der Waals surface area contributed by atoms with Gasteiger partial charge in [0, 0.05) is 37.1 Å². The predicted molar refractivity (Wildman–Crippen MR) is 86.5 cm³/mol. The van der Waals surface area contributed by atoms with Crippen molar-refractivity contribution < 1.29 is 4.79 Å². The van der Waals surface area contributed by atoms with E-state index in [1.54, 1.807) is 11.3 Å². The summed E-state index contributed by atoms with van der Waals surface area (Å²) in [6.07, 6.45) is 11.5. The number of carbonyl (C=O) groups is 1. The van der Waals surface area contributed by atoms with E-state index in [1.807, 2.05) is 11.6 Å². The molecule has 2 atom stereocenters. The van der Waals surface area contributed by atoms with E-state index >= 15 is 0 Å². The highest BCUT2D eigenvalue weighted by Gasteiger charge is 2.24. The Morgan fingerprint density at radius 1 is 1.43 bits per heavy atom. The lowest BCUT2D eigenvalue weighted by Gasteiger charge is -2.33. The lowest BCUT2D eigenvalue weighted by atomic mass is 9.93. The minimum absolute atomic E-state index is 0.189. The lowest BCUT2D eigenvalue weighted by molar-refractivity contribution is -0.125. The Hall–Kier alpha value is -1.36. The maximum absolute atomic E-state index is 12.2. The quantitative estimate of drug-likeness (QED) is 0.870. The summed E-state index contributed by atoms with van der Waals surface area (Å²) in [5.41, 5.74) is 0. The summed E-state index contributed by atoms with van der Waals surface area (Å²) < 4.78 is 0. The fraction of sp³-hybridized carbons (Fsp3) is 0.625. The first-order valence-electron chi connectivity index (χ1n) is 7.90. The molecule has 2 aliphatic rings. The van der Waals surface area contributed by atoms with Crippen molar-refractivity contribution in [2.75, 3.05) is 24.5 Å². The van der Waals surface area contributed by atoms with Gasteiger partial charge in [-0.2, -0.15) is 0 Å². The van der Waals surface area contributed by atoms with Gasteiger partial charge < -0.3 is 10.2 Å². The first-order chi connectivity index (χ1) is 10.3. The Labute approximate surface area is 130 Å². The van der Waals surface area contributed by atoms with E-state index in [9.17, 15) is 4.79 Å². The van der Waals surface area contributed by atoms with E-state index in [0.717, 1.165) is 44.0 Å². The maximum atomic E-state index is 12.2. The van der Waals surface area contributed by atoms with Crippen molar-refractivity contribution in [3.63, 3.8) is 0 Å². The fourth-order valence-corrected chi connectivity index (χ4v) is 3.88. The van der Waals surface area contributed by atoms with Crippen LogP contribution in [-0.4, -0.2) is 30.5 Å². The number of amides is 1. The third-order valence-corrected chi connectivity index (χ3v) is 5.25. The Morgan fingerprint density at radius 2 is 2.38 bits per heavy atom. The van der Waals surface area contributed by atoms with Crippen LogP contribution in [-0.2, 0) is 4.79 Å². The monoisotopic (exact) mass is 305 g/mol. The predicted octanol–water partition coefficient (Wildman–Crippen LogP) is 2.83. The van der Waals surface area contributed by atoms with Crippen molar-refractivity contribution >= 4 is 22.4 Å². The van der Waals surface area contributed by atoms with Gasteiger partial charge in [0.1, 0.15) is 0 Å². The molecule has 114 valence electrons. The number of anilines is 1. The molecule has 0 aromatic carbocycles. The van der Waals surface area contributed by atoms with Gasteiger partial charge in [-0.3, -0.25) is 4.79 Å². The van der Waals surface area contributed by atoms with Gasteiger partial charge in [-0.25, -0.2) is 4.98 Å². The van der Waals surface area contributed by atoms with Crippen LogP contribution in [0.1, 0.15) is 32.1 Å². The van der Waals surface area contributed by atoms with Crippen molar-refractivity contribution in [3.05, 3.63) is 23.7 Å². The molecule has 3 rings (SSSR count). The molecule has 0 spiro atoms. The number of aromatic nitrogens is 1. The van der Waals surface area contributed by atoms with Crippen molar-refractivity contribution in [1.82, 2.24) is 10.3 Å². The fourth-order valence-electron chi connectivity index (χ4n) is 3.20. The first-order valence-corrected chi connectivity index (χ1v) is 8.78. The second-order valence-corrected chi connectivity index (χ2v) is 6.87. The summed E-state index contributed by atoms with van der Waals surface area (Å²) in [5, 5.41) is 6.31. The molecular weight excluding hydrogens is 282 g/mol. The molecule has 1 N–H and O–H groups in total. The summed E-state index contributed by atoms with van der Waals surface area (Å²) in [6.45, 7) is 2.91.